The highest BCUT2D eigenvalue weighted by atomic mass is 14.5. The minimum atomic E-state index is 0.738. The lowest BCUT2D eigenvalue weighted by Gasteiger charge is -2.13. The van der Waals surface area contributed by atoms with Gasteiger partial charge in [0.25, 0.3) is 0 Å². The van der Waals surface area contributed by atoms with Crippen LogP contribution in [0.4, 0.5) is 0 Å². The molecule has 1 aliphatic rings. The third kappa shape index (κ3) is 2.69. The molecule has 80 valence electrons. The van der Waals surface area contributed by atoms with Gasteiger partial charge >= 0.3 is 0 Å². The van der Waals surface area contributed by atoms with Gasteiger partial charge in [0.05, 0.1) is 0 Å². The summed E-state index contributed by atoms with van der Waals surface area (Å²) in [6, 6.07) is 8.89. The van der Waals surface area contributed by atoms with Gasteiger partial charge in [-0.1, -0.05) is 30.3 Å². The fourth-order valence-corrected chi connectivity index (χ4v) is 2.15. The van der Waals surface area contributed by atoms with Gasteiger partial charge in [-0.2, -0.15) is 0 Å². The van der Waals surface area contributed by atoms with Crippen LogP contribution in [0.2, 0.25) is 0 Å². The maximum Gasteiger partial charge on any atom is -0.00367 e. The number of allylic oxidation sites excluding steroid dienone is 2. The van der Waals surface area contributed by atoms with E-state index in [1.807, 2.05) is 0 Å². The third-order valence-corrected chi connectivity index (χ3v) is 3.05. The Morgan fingerprint density at radius 3 is 2.47 bits per heavy atom. The Balaban J connectivity index is 2.12. The first kappa shape index (κ1) is 10.4. The molecule has 0 aromatic heterocycles. The summed E-state index contributed by atoms with van der Waals surface area (Å²) in [5.74, 6) is 0. The number of hydrogen-bond acceptors (Lipinski definition) is 1. The number of rotatable bonds is 3. The summed E-state index contributed by atoms with van der Waals surface area (Å²) >= 11 is 0. The maximum absolute atomic E-state index is 5.53. The second kappa shape index (κ2) is 5.13. The molecule has 2 N–H and O–H groups in total. The van der Waals surface area contributed by atoms with Crippen molar-refractivity contribution in [3.63, 3.8) is 0 Å². The molecule has 0 fully saturated rings. The van der Waals surface area contributed by atoms with Crippen LogP contribution in [0.25, 0.3) is 5.57 Å². The van der Waals surface area contributed by atoms with Gasteiger partial charge in [-0.05, 0) is 55.3 Å². The topological polar surface area (TPSA) is 26.0 Å². The summed E-state index contributed by atoms with van der Waals surface area (Å²) in [4.78, 5) is 0. The normalized spacial score (nSPS) is 16.2. The van der Waals surface area contributed by atoms with Gasteiger partial charge in [0.15, 0.2) is 0 Å². The summed E-state index contributed by atoms with van der Waals surface area (Å²) in [7, 11) is 0. The summed E-state index contributed by atoms with van der Waals surface area (Å²) in [6.45, 7) is 0.738. The fourth-order valence-electron chi connectivity index (χ4n) is 2.15. The molecule has 0 heterocycles. The molecule has 15 heavy (non-hydrogen) atoms. The van der Waals surface area contributed by atoms with Gasteiger partial charge in [-0.25, -0.2) is 0 Å². The van der Waals surface area contributed by atoms with Crippen LogP contribution < -0.4 is 5.73 Å². The molecule has 0 unspecified atom stereocenters. The second-order valence-electron chi connectivity index (χ2n) is 4.21. The maximum atomic E-state index is 5.53. The van der Waals surface area contributed by atoms with E-state index >= 15 is 0 Å². The second-order valence-corrected chi connectivity index (χ2v) is 4.21. The van der Waals surface area contributed by atoms with Gasteiger partial charge < -0.3 is 5.73 Å². The molecule has 0 bridgehead atoms. The van der Waals surface area contributed by atoms with Crippen molar-refractivity contribution in [2.24, 2.45) is 5.73 Å². The third-order valence-electron chi connectivity index (χ3n) is 3.05. The zero-order chi connectivity index (χ0) is 10.5. The summed E-state index contributed by atoms with van der Waals surface area (Å²) < 4.78 is 0. The summed E-state index contributed by atoms with van der Waals surface area (Å²) in [6.07, 6.45) is 8.57. The van der Waals surface area contributed by atoms with Gasteiger partial charge in [0, 0.05) is 0 Å². The summed E-state index contributed by atoms with van der Waals surface area (Å²) in [5.41, 5.74) is 9.80. The van der Waals surface area contributed by atoms with E-state index in [0.29, 0.717) is 0 Å². The highest BCUT2D eigenvalue weighted by molar-refractivity contribution is 5.66. The Morgan fingerprint density at radius 1 is 1.07 bits per heavy atom. The van der Waals surface area contributed by atoms with Crippen LogP contribution in [-0.4, -0.2) is 6.54 Å². The minimum Gasteiger partial charge on any atom is -0.330 e. The lowest BCUT2D eigenvalue weighted by molar-refractivity contribution is 0.742. The molecule has 1 nitrogen and oxygen atoms in total. The molecule has 0 atom stereocenters. The van der Waals surface area contributed by atoms with Crippen LogP contribution in [0.3, 0.4) is 0 Å². The predicted molar refractivity (Wildman–Crippen MR) is 65.6 cm³/mol. The van der Waals surface area contributed by atoms with Crippen LogP contribution in [0, 0.1) is 0 Å². The molecule has 1 aromatic carbocycles. The lowest BCUT2D eigenvalue weighted by atomic mass is 9.93. The van der Waals surface area contributed by atoms with E-state index in [2.05, 4.69) is 30.3 Å². The van der Waals surface area contributed by atoms with E-state index < -0.39 is 0 Å². The summed E-state index contributed by atoms with van der Waals surface area (Å²) in [5, 5.41) is 0. The molecule has 1 aliphatic carbocycles. The monoisotopic (exact) mass is 201 g/mol. The van der Waals surface area contributed by atoms with Gasteiger partial charge in [0.2, 0.25) is 0 Å². The van der Waals surface area contributed by atoms with Crippen molar-refractivity contribution >= 4 is 5.57 Å². The minimum absolute atomic E-state index is 0.738. The molecule has 0 spiro atoms. The SMILES string of the molecule is NCCc1ccc(C2=CCCCC2)cc1. The van der Waals surface area contributed by atoms with Gasteiger partial charge in [-0.15, -0.1) is 0 Å². The fraction of sp³-hybridized carbons (Fsp3) is 0.429. The van der Waals surface area contributed by atoms with Crippen molar-refractivity contribution in [2.75, 3.05) is 6.54 Å². The molecule has 0 radical (unpaired) electrons. The van der Waals surface area contributed by atoms with Crippen molar-refractivity contribution in [3.8, 4) is 0 Å². The van der Waals surface area contributed by atoms with Crippen molar-refractivity contribution < 1.29 is 0 Å². The number of benzene rings is 1. The van der Waals surface area contributed by atoms with E-state index in [4.69, 9.17) is 5.73 Å². The molecule has 1 aromatic rings. The smallest absolute Gasteiger partial charge is 0.00367 e. The Kier molecular flexibility index (Phi) is 3.57. The van der Waals surface area contributed by atoms with Crippen molar-refractivity contribution in [1.82, 2.24) is 0 Å². The van der Waals surface area contributed by atoms with Crippen LogP contribution in [0.1, 0.15) is 36.8 Å². The average molecular weight is 201 g/mol. The quantitative estimate of drug-likeness (QED) is 0.798. The van der Waals surface area contributed by atoms with Crippen LogP contribution in [0.5, 0.6) is 0 Å². The van der Waals surface area contributed by atoms with E-state index in [0.717, 1.165) is 13.0 Å². The van der Waals surface area contributed by atoms with Crippen LogP contribution >= 0.6 is 0 Å². The molecular formula is C14H19N. The first-order chi connectivity index (χ1) is 7.40. The Labute approximate surface area is 92.0 Å². The van der Waals surface area contributed by atoms with Crippen LogP contribution in [-0.2, 0) is 6.42 Å². The Hall–Kier alpha value is -1.08. The first-order valence-corrected chi connectivity index (χ1v) is 5.88. The Morgan fingerprint density at radius 2 is 1.87 bits per heavy atom. The molecule has 0 saturated carbocycles. The Bertz CT molecular complexity index is 335. The molecule has 0 saturated heterocycles. The average Bonchev–Trinajstić information content (AvgIpc) is 2.32. The molecule has 0 amide bonds. The van der Waals surface area contributed by atoms with E-state index in [1.54, 1.807) is 0 Å². The van der Waals surface area contributed by atoms with Crippen LogP contribution in [0.15, 0.2) is 30.3 Å². The van der Waals surface area contributed by atoms with Gasteiger partial charge in [0.1, 0.15) is 0 Å². The molecule has 0 aliphatic heterocycles. The van der Waals surface area contributed by atoms with E-state index in [-0.39, 0.29) is 0 Å². The standard InChI is InChI=1S/C14H19N/c15-11-10-12-6-8-14(9-7-12)13-4-2-1-3-5-13/h4,6-9H,1-3,5,10-11,15H2. The molecule has 1 heteroatoms. The number of hydrogen-bond donors (Lipinski definition) is 1. The molecule has 2 rings (SSSR count). The largest absolute Gasteiger partial charge is 0.330 e. The zero-order valence-electron chi connectivity index (χ0n) is 9.21. The van der Waals surface area contributed by atoms with Crippen molar-refractivity contribution in [3.05, 3.63) is 41.5 Å². The predicted octanol–water partition coefficient (Wildman–Crippen LogP) is 3.15. The number of nitrogens with two attached hydrogens (primary N) is 1. The van der Waals surface area contributed by atoms with E-state index in [9.17, 15) is 0 Å². The van der Waals surface area contributed by atoms with E-state index in [1.165, 1.54) is 42.4 Å². The zero-order valence-corrected chi connectivity index (χ0v) is 9.21. The molecular weight excluding hydrogens is 182 g/mol. The van der Waals surface area contributed by atoms with Crippen molar-refractivity contribution in [1.29, 1.82) is 0 Å². The highest BCUT2D eigenvalue weighted by Crippen LogP contribution is 2.26. The highest BCUT2D eigenvalue weighted by Gasteiger charge is 2.05. The lowest BCUT2D eigenvalue weighted by Crippen LogP contribution is -2.02. The first-order valence-electron chi connectivity index (χ1n) is 5.88. The van der Waals surface area contributed by atoms with Crippen molar-refractivity contribution in [2.45, 2.75) is 32.1 Å². The van der Waals surface area contributed by atoms with Gasteiger partial charge in [-0.3, -0.25) is 0 Å².